The summed E-state index contributed by atoms with van der Waals surface area (Å²) in [6.07, 6.45) is 0.272. The Hall–Kier alpha value is -2.62. The molecule has 4 heterocycles. The number of morpholine rings is 1. The lowest BCUT2D eigenvalue weighted by molar-refractivity contribution is -0.136. The van der Waals surface area contributed by atoms with Crippen molar-refractivity contribution in [2.75, 3.05) is 32.8 Å². The molecule has 0 aromatic heterocycles. The minimum atomic E-state index is -0.938. The number of ether oxygens (including phenoxy) is 1. The Labute approximate surface area is 167 Å². The summed E-state index contributed by atoms with van der Waals surface area (Å²) in [5, 5.41) is 5.52. The van der Waals surface area contributed by atoms with Crippen molar-refractivity contribution in [3.63, 3.8) is 0 Å². The summed E-state index contributed by atoms with van der Waals surface area (Å²) in [5.74, 6) is -1.92. The molecule has 0 bridgehead atoms. The van der Waals surface area contributed by atoms with Crippen molar-refractivity contribution in [2.45, 2.75) is 31.0 Å². The number of nitrogens with one attached hydrogen (secondary N) is 2. The fraction of sp³-hybridized carbons (Fsp3) is 0.500. The minimum absolute atomic E-state index is 0.00412. The van der Waals surface area contributed by atoms with E-state index in [2.05, 4.69) is 15.5 Å². The van der Waals surface area contributed by atoms with Crippen molar-refractivity contribution in [1.82, 2.24) is 20.4 Å². The number of amides is 4. The molecular formula is C20H22N4O5. The van der Waals surface area contributed by atoms with E-state index in [0.717, 1.165) is 30.1 Å². The molecule has 29 heavy (non-hydrogen) atoms. The highest BCUT2D eigenvalue weighted by Crippen LogP contribution is 2.30. The molecule has 3 fully saturated rings. The second-order valence-corrected chi connectivity index (χ2v) is 8.13. The number of hydrogen-bond acceptors (Lipinski definition) is 7. The summed E-state index contributed by atoms with van der Waals surface area (Å²) in [4.78, 5) is 52.7. The monoisotopic (exact) mass is 398 g/mol. The first-order valence-electron chi connectivity index (χ1n) is 9.87. The van der Waals surface area contributed by atoms with Gasteiger partial charge in [-0.25, -0.2) is 0 Å². The van der Waals surface area contributed by atoms with Crippen LogP contribution in [-0.4, -0.2) is 77.9 Å². The van der Waals surface area contributed by atoms with E-state index in [9.17, 15) is 19.2 Å². The largest absolute Gasteiger partial charge is 0.378 e. The Kier molecular flexibility index (Phi) is 4.27. The van der Waals surface area contributed by atoms with Gasteiger partial charge in [-0.3, -0.25) is 34.3 Å². The Morgan fingerprint density at radius 2 is 1.90 bits per heavy atom. The van der Waals surface area contributed by atoms with Gasteiger partial charge < -0.3 is 10.1 Å². The first-order valence-corrected chi connectivity index (χ1v) is 9.87. The number of fused-ring (bicyclic) bond motifs is 1. The van der Waals surface area contributed by atoms with Crippen LogP contribution in [0.15, 0.2) is 18.2 Å². The standard InChI is InChI=1S/C20H22N4O5/c25-16-4-3-15(17(26)22-16)24-18(27)13-2-1-12(7-14(13)19(24)28)8-23-5-6-29-11-20(23)9-21-10-20/h1-2,7,15,21H,3-6,8-11H2,(H,22,25,26). The highest BCUT2D eigenvalue weighted by Gasteiger charge is 2.46. The molecule has 1 atom stereocenters. The van der Waals surface area contributed by atoms with E-state index >= 15 is 0 Å². The van der Waals surface area contributed by atoms with Crippen molar-refractivity contribution in [3.05, 3.63) is 34.9 Å². The predicted molar refractivity (Wildman–Crippen MR) is 99.9 cm³/mol. The van der Waals surface area contributed by atoms with Crippen LogP contribution >= 0.6 is 0 Å². The Balaban J connectivity index is 1.38. The van der Waals surface area contributed by atoms with Crippen LogP contribution in [0.2, 0.25) is 0 Å². The van der Waals surface area contributed by atoms with E-state index in [0.29, 0.717) is 30.9 Å². The first kappa shape index (κ1) is 18.4. The van der Waals surface area contributed by atoms with E-state index in [1.54, 1.807) is 12.1 Å². The normalized spacial score (nSPS) is 26.5. The maximum atomic E-state index is 13.0. The number of imide groups is 2. The van der Waals surface area contributed by atoms with Gasteiger partial charge in [-0.1, -0.05) is 6.07 Å². The van der Waals surface area contributed by atoms with Crippen LogP contribution in [-0.2, 0) is 20.9 Å². The average molecular weight is 398 g/mol. The minimum Gasteiger partial charge on any atom is -0.378 e. The third-order valence-electron chi connectivity index (χ3n) is 6.33. The molecule has 3 saturated heterocycles. The molecule has 152 valence electrons. The number of benzene rings is 1. The summed E-state index contributed by atoms with van der Waals surface area (Å²) < 4.78 is 5.65. The molecule has 4 aliphatic heterocycles. The Morgan fingerprint density at radius 1 is 1.10 bits per heavy atom. The number of piperidine rings is 1. The molecule has 5 rings (SSSR count). The van der Waals surface area contributed by atoms with E-state index in [-0.39, 0.29) is 24.3 Å². The van der Waals surface area contributed by atoms with Crippen LogP contribution < -0.4 is 10.6 Å². The number of carbonyl (C=O) groups is 4. The SMILES string of the molecule is O=C1CCC(N2C(=O)c3ccc(CN4CCOCC45CNC5)cc3C2=O)C(=O)N1. The molecule has 1 spiro atoms. The molecule has 0 radical (unpaired) electrons. The molecule has 1 unspecified atom stereocenters. The molecule has 2 N–H and O–H groups in total. The Bertz CT molecular complexity index is 925. The maximum Gasteiger partial charge on any atom is 0.262 e. The van der Waals surface area contributed by atoms with E-state index in [4.69, 9.17) is 4.74 Å². The fourth-order valence-corrected chi connectivity index (χ4v) is 4.59. The van der Waals surface area contributed by atoms with Crippen LogP contribution in [0.5, 0.6) is 0 Å². The van der Waals surface area contributed by atoms with Gasteiger partial charge in [0.25, 0.3) is 11.8 Å². The van der Waals surface area contributed by atoms with Gasteiger partial charge in [-0.2, -0.15) is 0 Å². The van der Waals surface area contributed by atoms with Crippen LogP contribution in [0, 0.1) is 0 Å². The topological polar surface area (TPSA) is 108 Å². The predicted octanol–water partition coefficient (Wildman–Crippen LogP) is -0.738. The quantitative estimate of drug-likeness (QED) is 0.646. The number of hydrogen-bond donors (Lipinski definition) is 2. The van der Waals surface area contributed by atoms with Gasteiger partial charge in [0.2, 0.25) is 11.8 Å². The summed E-state index contributed by atoms with van der Waals surface area (Å²) in [6.45, 7) is 4.59. The number of rotatable bonds is 3. The smallest absolute Gasteiger partial charge is 0.262 e. The van der Waals surface area contributed by atoms with Crippen molar-refractivity contribution >= 4 is 23.6 Å². The lowest BCUT2D eigenvalue weighted by atomic mass is 9.89. The molecule has 1 aromatic carbocycles. The van der Waals surface area contributed by atoms with Crippen LogP contribution in [0.1, 0.15) is 39.1 Å². The van der Waals surface area contributed by atoms with Gasteiger partial charge in [-0.05, 0) is 24.1 Å². The second-order valence-electron chi connectivity index (χ2n) is 8.13. The fourth-order valence-electron chi connectivity index (χ4n) is 4.59. The molecule has 9 nitrogen and oxygen atoms in total. The van der Waals surface area contributed by atoms with Gasteiger partial charge in [0.1, 0.15) is 6.04 Å². The van der Waals surface area contributed by atoms with Gasteiger partial charge >= 0.3 is 0 Å². The molecule has 0 aliphatic carbocycles. The van der Waals surface area contributed by atoms with E-state index < -0.39 is 23.8 Å². The van der Waals surface area contributed by atoms with Crippen LogP contribution in [0.3, 0.4) is 0 Å². The summed E-state index contributed by atoms with van der Waals surface area (Å²) in [6, 6.07) is 4.36. The molecule has 1 aromatic rings. The molecule has 9 heteroatoms. The highest BCUT2D eigenvalue weighted by molar-refractivity contribution is 6.23. The molecular weight excluding hydrogens is 376 g/mol. The lowest BCUT2D eigenvalue weighted by Crippen LogP contribution is -2.73. The number of carbonyl (C=O) groups excluding carboxylic acids is 4. The van der Waals surface area contributed by atoms with Gasteiger partial charge in [0, 0.05) is 32.6 Å². The van der Waals surface area contributed by atoms with Crippen molar-refractivity contribution < 1.29 is 23.9 Å². The van der Waals surface area contributed by atoms with Crippen molar-refractivity contribution in [3.8, 4) is 0 Å². The molecule has 0 saturated carbocycles. The second kappa shape index (κ2) is 6.72. The highest BCUT2D eigenvalue weighted by atomic mass is 16.5. The summed E-state index contributed by atoms with van der Waals surface area (Å²) >= 11 is 0. The van der Waals surface area contributed by atoms with Gasteiger partial charge in [-0.15, -0.1) is 0 Å². The van der Waals surface area contributed by atoms with E-state index in [1.807, 2.05) is 6.07 Å². The van der Waals surface area contributed by atoms with Crippen molar-refractivity contribution in [1.29, 1.82) is 0 Å². The summed E-state index contributed by atoms with van der Waals surface area (Å²) in [5.41, 5.74) is 1.58. The van der Waals surface area contributed by atoms with Gasteiger partial charge in [0.15, 0.2) is 0 Å². The zero-order valence-electron chi connectivity index (χ0n) is 15.9. The third kappa shape index (κ3) is 2.88. The zero-order valence-corrected chi connectivity index (χ0v) is 15.9. The van der Waals surface area contributed by atoms with Gasteiger partial charge in [0.05, 0.1) is 29.9 Å². The Morgan fingerprint density at radius 3 is 2.62 bits per heavy atom. The maximum absolute atomic E-state index is 13.0. The van der Waals surface area contributed by atoms with Crippen molar-refractivity contribution in [2.24, 2.45) is 0 Å². The first-order chi connectivity index (χ1) is 14.0. The average Bonchev–Trinajstić information content (AvgIpc) is 2.92. The zero-order chi connectivity index (χ0) is 20.2. The third-order valence-corrected chi connectivity index (χ3v) is 6.33. The van der Waals surface area contributed by atoms with Crippen LogP contribution in [0.25, 0.3) is 0 Å². The molecule has 4 aliphatic rings. The molecule has 4 amide bonds. The number of nitrogens with zero attached hydrogens (tertiary/aromatic N) is 2. The lowest BCUT2D eigenvalue weighted by Gasteiger charge is -2.53. The van der Waals surface area contributed by atoms with Crippen LogP contribution in [0.4, 0.5) is 0 Å². The van der Waals surface area contributed by atoms with E-state index in [1.165, 1.54) is 0 Å². The summed E-state index contributed by atoms with van der Waals surface area (Å²) in [7, 11) is 0.